The summed E-state index contributed by atoms with van der Waals surface area (Å²) >= 11 is 0. The fraction of sp³-hybridized carbons (Fsp3) is 0.263. The van der Waals surface area contributed by atoms with Crippen molar-refractivity contribution in [2.24, 2.45) is 0 Å². The molecule has 0 saturated heterocycles. The fourth-order valence-corrected chi connectivity index (χ4v) is 2.75. The van der Waals surface area contributed by atoms with E-state index in [-0.39, 0.29) is 18.4 Å². The molecule has 1 aromatic carbocycles. The third kappa shape index (κ3) is 3.44. The number of aryl methyl sites for hydroxylation is 1. The predicted octanol–water partition coefficient (Wildman–Crippen LogP) is 4.55. The van der Waals surface area contributed by atoms with Gasteiger partial charge >= 0.3 is 5.97 Å². The second-order valence-corrected chi connectivity index (χ2v) is 5.51. The number of unbranched alkanes of at least 4 members (excludes halogenated alkanes) is 1. The number of fused-ring (bicyclic) bond motifs is 1. The topological polar surface area (TPSA) is 43.6 Å². The Bertz CT molecular complexity index is 825. The highest BCUT2D eigenvalue weighted by molar-refractivity contribution is 5.90. The van der Waals surface area contributed by atoms with Gasteiger partial charge in [0.2, 0.25) is 0 Å². The largest absolute Gasteiger partial charge is 0.465 e. The molecule has 0 atom stereocenters. The van der Waals surface area contributed by atoms with Gasteiger partial charge in [0.15, 0.2) is 0 Å². The fourth-order valence-electron chi connectivity index (χ4n) is 2.75. The molecule has 126 valence electrons. The molecule has 3 aromatic rings. The van der Waals surface area contributed by atoms with Gasteiger partial charge in [-0.3, -0.25) is 4.40 Å². The highest BCUT2D eigenvalue weighted by atomic mass is 35.5. The maximum absolute atomic E-state index is 11.6. The van der Waals surface area contributed by atoms with Crippen molar-refractivity contribution in [1.82, 2.24) is 9.38 Å². The molecular weight excluding hydrogens is 324 g/mol. The third-order valence-corrected chi connectivity index (χ3v) is 3.95. The first kappa shape index (κ1) is 18.0. The van der Waals surface area contributed by atoms with Gasteiger partial charge < -0.3 is 4.74 Å². The average molecular weight is 345 g/mol. The SMILES string of the molecule is CCCCc1nc2ccccn2c1-c1ccc(C(=O)OC)cc1.Cl. The minimum Gasteiger partial charge on any atom is -0.465 e. The lowest BCUT2D eigenvalue weighted by molar-refractivity contribution is 0.0601. The summed E-state index contributed by atoms with van der Waals surface area (Å²) in [5.74, 6) is -0.319. The molecule has 0 radical (unpaired) electrons. The summed E-state index contributed by atoms with van der Waals surface area (Å²) in [6.07, 6.45) is 5.22. The van der Waals surface area contributed by atoms with Crippen LogP contribution in [0.2, 0.25) is 0 Å². The van der Waals surface area contributed by atoms with Crippen LogP contribution in [0.4, 0.5) is 0 Å². The molecule has 0 spiro atoms. The number of halogens is 1. The first-order valence-electron chi connectivity index (χ1n) is 7.89. The highest BCUT2D eigenvalue weighted by Crippen LogP contribution is 2.27. The molecule has 0 aliphatic carbocycles. The summed E-state index contributed by atoms with van der Waals surface area (Å²) in [5, 5.41) is 0. The maximum atomic E-state index is 11.6. The van der Waals surface area contributed by atoms with E-state index < -0.39 is 0 Å². The molecule has 5 heteroatoms. The number of methoxy groups -OCH3 is 1. The van der Waals surface area contributed by atoms with Crippen molar-refractivity contribution in [3.8, 4) is 11.3 Å². The zero-order valence-corrected chi connectivity index (χ0v) is 14.7. The van der Waals surface area contributed by atoms with Crippen LogP contribution in [0.3, 0.4) is 0 Å². The smallest absolute Gasteiger partial charge is 0.337 e. The van der Waals surface area contributed by atoms with E-state index in [4.69, 9.17) is 9.72 Å². The summed E-state index contributed by atoms with van der Waals surface area (Å²) in [4.78, 5) is 16.4. The van der Waals surface area contributed by atoms with Crippen molar-refractivity contribution in [2.75, 3.05) is 7.11 Å². The minimum atomic E-state index is -0.319. The summed E-state index contributed by atoms with van der Waals surface area (Å²) < 4.78 is 6.87. The third-order valence-electron chi connectivity index (χ3n) is 3.95. The van der Waals surface area contributed by atoms with Crippen LogP contribution in [0.25, 0.3) is 16.9 Å². The monoisotopic (exact) mass is 344 g/mol. The Kier molecular flexibility index (Phi) is 5.99. The van der Waals surface area contributed by atoms with Crippen LogP contribution in [0.15, 0.2) is 48.7 Å². The van der Waals surface area contributed by atoms with Gasteiger partial charge in [-0.15, -0.1) is 12.4 Å². The number of nitrogens with zero attached hydrogens (tertiary/aromatic N) is 2. The molecule has 0 aliphatic heterocycles. The van der Waals surface area contributed by atoms with Gasteiger partial charge in [-0.1, -0.05) is 31.5 Å². The second-order valence-electron chi connectivity index (χ2n) is 5.51. The van der Waals surface area contributed by atoms with Crippen LogP contribution in [0, 0.1) is 0 Å². The number of aromatic nitrogens is 2. The Hall–Kier alpha value is -2.33. The first-order valence-corrected chi connectivity index (χ1v) is 7.89. The van der Waals surface area contributed by atoms with Gasteiger partial charge in [-0.05, 0) is 37.1 Å². The molecule has 2 heterocycles. The van der Waals surface area contributed by atoms with Gasteiger partial charge in [0.25, 0.3) is 0 Å². The second kappa shape index (κ2) is 7.97. The Morgan fingerprint density at radius 3 is 2.58 bits per heavy atom. The molecule has 24 heavy (non-hydrogen) atoms. The van der Waals surface area contributed by atoms with Crippen molar-refractivity contribution in [3.63, 3.8) is 0 Å². The molecule has 2 aromatic heterocycles. The van der Waals surface area contributed by atoms with E-state index >= 15 is 0 Å². The molecular formula is C19H21ClN2O2. The Balaban J connectivity index is 0.00000208. The van der Waals surface area contributed by atoms with Gasteiger partial charge in [0.05, 0.1) is 24.1 Å². The summed E-state index contributed by atoms with van der Waals surface area (Å²) in [7, 11) is 1.39. The molecule has 0 bridgehead atoms. The van der Waals surface area contributed by atoms with Crippen LogP contribution in [0.1, 0.15) is 35.8 Å². The number of hydrogen-bond acceptors (Lipinski definition) is 3. The van der Waals surface area contributed by atoms with Crippen LogP contribution in [-0.4, -0.2) is 22.5 Å². The van der Waals surface area contributed by atoms with Crippen molar-refractivity contribution < 1.29 is 9.53 Å². The van der Waals surface area contributed by atoms with Crippen LogP contribution >= 0.6 is 12.4 Å². The lowest BCUT2D eigenvalue weighted by atomic mass is 10.0. The Morgan fingerprint density at radius 1 is 1.17 bits per heavy atom. The summed E-state index contributed by atoms with van der Waals surface area (Å²) in [6.45, 7) is 2.18. The van der Waals surface area contributed by atoms with Crippen LogP contribution in [0.5, 0.6) is 0 Å². The van der Waals surface area contributed by atoms with E-state index in [0.717, 1.165) is 41.9 Å². The van der Waals surface area contributed by atoms with Crippen molar-refractivity contribution in [2.45, 2.75) is 26.2 Å². The number of rotatable bonds is 5. The molecule has 0 aliphatic rings. The molecule has 0 saturated carbocycles. The standard InChI is InChI=1S/C19H20N2O2.ClH/c1-3-4-7-16-18(21-13-6-5-8-17(21)20-16)14-9-11-15(12-10-14)19(22)23-2;/h5-6,8-13H,3-4,7H2,1-2H3;1H. The Morgan fingerprint density at radius 2 is 1.92 bits per heavy atom. The molecule has 0 fully saturated rings. The molecule has 3 rings (SSSR count). The number of hydrogen-bond donors (Lipinski definition) is 0. The summed E-state index contributed by atoms with van der Waals surface area (Å²) in [6, 6.07) is 13.5. The predicted molar refractivity (Wildman–Crippen MR) is 97.8 cm³/mol. The zero-order valence-electron chi connectivity index (χ0n) is 13.9. The van der Waals surface area contributed by atoms with Crippen LogP contribution in [-0.2, 0) is 11.2 Å². The zero-order chi connectivity index (χ0) is 16.2. The molecule has 0 N–H and O–H groups in total. The van der Waals surface area contributed by atoms with Crippen LogP contribution < -0.4 is 0 Å². The number of imidazole rings is 1. The Labute approximate surface area is 147 Å². The summed E-state index contributed by atoms with van der Waals surface area (Å²) in [5.41, 5.74) is 4.77. The van der Waals surface area contributed by atoms with Crippen molar-refractivity contribution >= 4 is 24.0 Å². The number of carbonyl (C=O) groups is 1. The first-order chi connectivity index (χ1) is 11.2. The van der Waals surface area contributed by atoms with E-state index in [0.29, 0.717) is 5.56 Å². The number of benzene rings is 1. The lowest BCUT2D eigenvalue weighted by Gasteiger charge is -2.06. The molecule has 0 amide bonds. The van der Waals surface area contributed by atoms with E-state index in [2.05, 4.69) is 11.3 Å². The number of ether oxygens (including phenoxy) is 1. The lowest BCUT2D eigenvalue weighted by Crippen LogP contribution is -2.00. The van der Waals surface area contributed by atoms with E-state index in [1.807, 2.05) is 36.5 Å². The van der Waals surface area contributed by atoms with Crippen molar-refractivity contribution in [3.05, 3.63) is 59.9 Å². The average Bonchev–Trinajstić information content (AvgIpc) is 2.97. The van der Waals surface area contributed by atoms with Gasteiger partial charge in [-0.25, -0.2) is 9.78 Å². The van der Waals surface area contributed by atoms with Gasteiger partial charge in [-0.2, -0.15) is 0 Å². The molecule has 0 unspecified atom stereocenters. The van der Waals surface area contributed by atoms with Crippen molar-refractivity contribution in [1.29, 1.82) is 0 Å². The number of pyridine rings is 1. The number of carbonyl (C=O) groups excluding carboxylic acids is 1. The van der Waals surface area contributed by atoms with Gasteiger partial charge in [0.1, 0.15) is 5.65 Å². The normalized spacial score (nSPS) is 10.4. The van der Waals surface area contributed by atoms with Gasteiger partial charge in [0, 0.05) is 11.8 Å². The van der Waals surface area contributed by atoms with E-state index in [1.165, 1.54) is 7.11 Å². The molecule has 4 nitrogen and oxygen atoms in total. The van der Waals surface area contributed by atoms with E-state index in [9.17, 15) is 4.79 Å². The highest BCUT2D eigenvalue weighted by Gasteiger charge is 2.14. The van der Waals surface area contributed by atoms with E-state index in [1.54, 1.807) is 12.1 Å². The minimum absolute atomic E-state index is 0. The number of esters is 1. The maximum Gasteiger partial charge on any atom is 0.337 e. The quantitative estimate of drug-likeness (QED) is 0.637.